The maximum atomic E-state index is 11.0. The van der Waals surface area contributed by atoms with Gasteiger partial charge < -0.3 is 5.11 Å². The number of rotatable bonds is 2. The minimum absolute atomic E-state index is 0.0347. The molecule has 1 aromatic carbocycles. The first kappa shape index (κ1) is 11.9. The van der Waals surface area contributed by atoms with Crippen molar-refractivity contribution in [2.75, 3.05) is 0 Å². The SMILES string of the molecule is Cc1cc(C)cc(-n2ncc(C(=O)O)c2C#N)c1. The molecular formula is C13H11N3O2. The van der Waals surface area contributed by atoms with Crippen molar-refractivity contribution >= 4 is 5.97 Å². The predicted octanol–water partition coefficient (Wildman–Crippen LogP) is 2.06. The summed E-state index contributed by atoms with van der Waals surface area (Å²) in [7, 11) is 0. The van der Waals surface area contributed by atoms with Gasteiger partial charge in [-0.15, -0.1) is 0 Å². The number of hydrogen-bond acceptors (Lipinski definition) is 3. The highest BCUT2D eigenvalue weighted by Crippen LogP contribution is 2.17. The molecule has 0 saturated carbocycles. The van der Waals surface area contributed by atoms with Crippen molar-refractivity contribution in [3.05, 3.63) is 46.8 Å². The molecule has 0 radical (unpaired) electrons. The zero-order valence-corrected chi connectivity index (χ0v) is 10.0. The normalized spacial score (nSPS) is 10.1. The summed E-state index contributed by atoms with van der Waals surface area (Å²) in [5, 5.41) is 22.0. The molecule has 1 N–H and O–H groups in total. The Hall–Kier alpha value is -2.61. The second-order valence-electron chi connectivity index (χ2n) is 4.08. The quantitative estimate of drug-likeness (QED) is 0.872. The van der Waals surface area contributed by atoms with E-state index in [1.54, 1.807) is 0 Å². The first-order valence-electron chi connectivity index (χ1n) is 5.33. The maximum Gasteiger partial charge on any atom is 0.340 e. The molecule has 0 saturated heterocycles. The number of carboxylic acids is 1. The fourth-order valence-corrected chi connectivity index (χ4v) is 1.88. The summed E-state index contributed by atoms with van der Waals surface area (Å²) in [5.41, 5.74) is 2.70. The van der Waals surface area contributed by atoms with Gasteiger partial charge in [-0.3, -0.25) is 0 Å². The van der Waals surface area contributed by atoms with E-state index in [4.69, 9.17) is 10.4 Å². The van der Waals surface area contributed by atoms with Crippen molar-refractivity contribution in [2.24, 2.45) is 0 Å². The third-order valence-electron chi connectivity index (χ3n) is 2.56. The van der Waals surface area contributed by atoms with Crippen LogP contribution in [0.25, 0.3) is 5.69 Å². The number of carboxylic acid groups (broad SMARTS) is 1. The molecule has 2 aromatic rings. The Morgan fingerprint density at radius 1 is 1.33 bits per heavy atom. The topological polar surface area (TPSA) is 78.9 Å². The molecule has 0 spiro atoms. The van der Waals surface area contributed by atoms with Gasteiger partial charge in [-0.25, -0.2) is 9.48 Å². The van der Waals surface area contributed by atoms with Gasteiger partial charge >= 0.3 is 5.97 Å². The fourth-order valence-electron chi connectivity index (χ4n) is 1.88. The molecule has 5 nitrogen and oxygen atoms in total. The fraction of sp³-hybridized carbons (Fsp3) is 0.154. The molecule has 0 aliphatic rings. The lowest BCUT2D eigenvalue weighted by atomic mass is 10.1. The van der Waals surface area contributed by atoms with Crippen LogP contribution >= 0.6 is 0 Å². The average Bonchev–Trinajstić information content (AvgIpc) is 2.70. The highest BCUT2D eigenvalue weighted by Gasteiger charge is 2.17. The summed E-state index contributed by atoms with van der Waals surface area (Å²) in [4.78, 5) is 11.0. The Morgan fingerprint density at radius 2 is 1.94 bits per heavy atom. The molecule has 0 unspecified atom stereocenters. The van der Waals surface area contributed by atoms with Crippen LogP contribution in [0.1, 0.15) is 27.2 Å². The second kappa shape index (κ2) is 4.34. The summed E-state index contributed by atoms with van der Waals surface area (Å²) in [6.07, 6.45) is 1.19. The van der Waals surface area contributed by atoms with Gasteiger partial charge in [-0.05, 0) is 37.1 Å². The van der Waals surface area contributed by atoms with Crippen LogP contribution in [0.4, 0.5) is 0 Å². The van der Waals surface area contributed by atoms with E-state index in [0.717, 1.165) is 11.1 Å². The van der Waals surface area contributed by atoms with Crippen molar-refractivity contribution in [1.82, 2.24) is 9.78 Å². The summed E-state index contributed by atoms with van der Waals surface area (Å²) in [6, 6.07) is 7.59. The highest BCUT2D eigenvalue weighted by atomic mass is 16.4. The van der Waals surface area contributed by atoms with Crippen LogP contribution < -0.4 is 0 Å². The van der Waals surface area contributed by atoms with E-state index >= 15 is 0 Å². The molecule has 1 aromatic heterocycles. The number of nitriles is 1. The lowest BCUT2D eigenvalue weighted by Gasteiger charge is -2.06. The van der Waals surface area contributed by atoms with E-state index in [0.29, 0.717) is 5.69 Å². The number of aryl methyl sites for hydroxylation is 2. The smallest absolute Gasteiger partial charge is 0.340 e. The van der Waals surface area contributed by atoms with E-state index in [1.165, 1.54) is 10.9 Å². The summed E-state index contributed by atoms with van der Waals surface area (Å²) in [6.45, 7) is 3.87. The van der Waals surface area contributed by atoms with Gasteiger partial charge in [0.15, 0.2) is 5.69 Å². The van der Waals surface area contributed by atoms with Crippen molar-refractivity contribution in [1.29, 1.82) is 5.26 Å². The molecule has 0 aliphatic heterocycles. The second-order valence-corrected chi connectivity index (χ2v) is 4.08. The van der Waals surface area contributed by atoms with Crippen LogP contribution in [0, 0.1) is 25.2 Å². The molecule has 0 amide bonds. The van der Waals surface area contributed by atoms with Gasteiger partial charge in [0.1, 0.15) is 11.6 Å². The first-order valence-corrected chi connectivity index (χ1v) is 5.33. The molecular weight excluding hydrogens is 230 g/mol. The number of benzene rings is 1. The summed E-state index contributed by atoms with van der Waals surface area (Å²) < 4.78 is 1.35. The Bertz CT molecular complexity index is 645. The minimum atomic E-state index is -1.15. The zero-order valence-electron chi connectivity index (χ0n) is 10.0. The van der Waals surface area contributed by atoms with E-state index in [2.05, 4.69) is 5.10 Å². The van der Waals surface area contributed by atoms with Crippen LogP contribution in [0.3, 0.4) is 0 Å². The number of aromatic nitrogens is 2. The van der Waals surface area contributed by atoms with Crippen LogP contribution in [-0.2, 0) is 0 Å². The Morgan fingerprint density at radius 3 is 2.44 bits per heavy atom. The lowest BCUT2D eigenvalue weighted by molar-refractivity contribution is 0.0696. The van der Waals surface area contributed by atoms with Gasteiger partial charge in [0, 0.05) is 0 Å². The van der Waals surface area contributed by atoms with Crippen LogP contribution in [0.2, 0.25) is 0 Å². The third-order valence-corrected chi connectivity index (χ3v) is 2.56. The van der Waals surface area contributed by atoms with Crippen molar-refractivity contribution in [2.45, 2.75) is 13.8 Å². The summed E-state index contributed by atoms with van der Waals surface area (Å²) >= 11 is 0. The van der Waals surface area contributed by atoms with Gasteiger partial charge in [-0.1, -0.05) is 6.07 Å². The van der Waals surface area contributed by atoms with E-state index in [9.17, 15) is 4.79 Å². The Kier molecular flexibility index (Phi) is 2.86. The third kappa shape index (κ3) is 1.96. The molecule has 0 atom stereocenters. The zero-order chi connectivity index (χ0) is 13.3. The van der Waals surface area contributed by atoms with Crippen LogP contribution in [0.5, 0.6) is 0 Å². The van der Waals surface area contributed by atoms with E-state index in [1.807, 2.05) is 38.1 Å². The van der Waals surface area contributed by atoms with Gasteiger partial charge in [0.25, 0.3) is 0 Å². The maximum absolute atomic E-state index is 11.0. The molecule has 18 heavy (non-hydrogen) atoms. The van der Waals surface area contributed by atoms with Gasteiger partial charge in [0.2, 0.25) is 0 Å². The minimum Gasteiger partial charge on any atom is -0.478 e. The largest absolute Gasteiger partial charge is 0.478 e. The number of hydrogen-bond donors (Lipinski definition) is 1. The number of carbonyl (C=O) groups is 1. The lowest BCUT2D eigenvalue weighted by Crippen LogP contribution is -2.04. The van der Waals surface area contributed by atoms with Crippen LogP contribution in [-0.4, -0.2) is 20.9 Å². The van der Waals surface area contributed by atoms with E-state index < -0.39 is 5.97 Å². The molecule has 2 rings (SSSR count). The Balaban J connectivity index is 2.65. The number of aromatic carboxylic acids is 1. The molecule has 90 valence electrons. The molecule has 1 heterocycles. The average molecular weight is 241 g/mol. The highest BCUT2D eigenvalue weighted by molar-refractivity contribution is 5.89. The molecule has 0 fully saturated rings. The standard InChI is InChI=1S/C13H11N3O2/c1-8-3-9(2)5-10(4-8)16-12(6-14)11(7-15-16)13(17)18/h3-5,7H,1-2H3,(H,17,18). The van der Waals surface area contributed by atoms with Crippen molar-refractivity contribution < 1.29 is 9.90 Å². The molecule has 0 aliphatic carbocycles. The molecule has 0 bridgehead atoms. The predicted molar refractivity (Wildman–Crippen MR) is 64.7 cm³/mol. The Labute approximate surface area is 104 Å². The molecule has 5 heteroatoms. The summed E-state index contributed by atoms with van der Waals surface area (Å²) in [5.74, 6) is -1.15. The van der Waals surface area contributed by atoms with Crippen molar-refractivity contribution in [3.63, 3.8) is 0 Å². The van der Waals surface area contributed by atoms with Crippen LogP contribution in [0.15, 0.2) is 24.4 Å². The van der Waals surface area contributed by atoms with Gasteiger partial charge in [-0.2, -0.15) is 10.4 Å². The van der Waals surface area contributed by atoms with E-state index in [-0.39, 0.29) is 11.3 Å². The van der Waals surface area contributed by atoms with Gasteiger partial charge in [0.05, 0.1) is 11.9 Å². The monoisotopic (exact) mass is 241 g/mol. The van der Waals surface area contributed by atoms with Crippen molar-refractivity contribution in [3.8, 4) is 11.8 Å². The first-order chi connectivity index (χ1) is 8.52. The number of nitrogens with zero attached hydrogens (tertiary/aromatic N) is 3.